The molecule has 0 bridgehead atoms. The largest absolute Gasteiger partial charge is 0.465 e. The number of hydrogen-bond acceptors (Lipinski definition) is 6. The Morgan fingerprint density at radius 3 is 2.77 bits per heavy atom. The fraction of sp³-hybridized carbons (Fsp3) is 0.208. The zero-order chi connectivity index (χ0) is 20.5. The van der Waals surface area contributed by atoms with Crippen LogP contribution in [0, 0.1) is 0 Å². The lowest BCUT2D eigenvalue weighted by Gasteiger charge is -2.17. The van der Waals surface area contributed by atoms with Gasteiger partial charge in [0.1, 0.15) is 17.0 Å². The molecule has 0 atom stereocenters. The number of rotatable bonds is 4. The first kappa shape index (κ1) is 18.8. The van der Waals surface area contributed by atoms with Gasteiger partial charge in [0.05, 0.1) is 23.7 Å². The van der Waals surface area contributed by atoms with Gasteiger partial charge in [-0.3, -0.25) is 0 Å². The van der Waals surface area contributed by atoms with Crippen molar-refractivity contribution >= 4 is 39.0 Å². The molecule has 5 nitrogen and oxygen atoms in total. The van der Waals surface area contributed by atoms with Crippen LogP contribution in [0.5, 0.6) is 0 Å². The van der Waals surface area contributed by atoms with Gasteiger partial charge in [0, 0.05) is 10.9 Å². The van der Waals surface area contributed by atoms with Gasteiger partial charge in [-0.2, -0.15) is 0 Å². The zero-order valence-corrected chi connectivity index (χ0v) is 17.5. The van der Waals surface area contributed by atoms with Crippen LogP contribution in [-0.2, 0) is 17.6 Å². The lowest BCUT2D eigenvalue weighted by atomic mass is 9.89. The van der Waals surface area contributed by atoms with E-state index in [4.69, 9.17) is 4.74 Å². The molecule has 1 N–H and O–H groups in total. The van der Waals surface area contributed by atoms with Crippen molar-refractivity contribution in [3.8, 4) is 11.1 Å². The van der Waals surface area contributed by atoms with Crippen LogP contribution in [0.3, 0.4) is 0 Å². The van der Waals surface area contributed by atoms with E-state index >= 15 is 0 Å². The molecule has 0 fully saturated rings. The van der Waals surface area contributed by atoms with Crippen LogP contribution in [0.4, 0.5) is 11.5 Å². The molecular weight excluding hydrogens is 394 g/mol. The summed E-state index contributed by atoms with van der Waals surface area (Å²) < 4.78 is 4.92. The second kappa shape index (κ2) is 7.88. The average molecular weight is 416 g/mol. The molecule has 150 valence electrons. The standard InChI is InChI=1S/C24H21N3O2S/c1-29-24(28)18-8-4-5-9-20(18)27-22-21-19(13-30-23(21)26-14-25-22)17-11-10-15-6-2-3-7-16(15)12-17/h4-5,8-14H,2-3,6-7H2,1H3,(H,25,26,27). The molecular formula is C24H21N3O2S. The summed E-state index contributed by atoms with van der Waals surface area (Å²) in [5.41, 5.74) is 6.33. The number of para-hydroxylation sites is 1. The number of aryl methyl sites for hydroxylation is 2. The number of thiophene rings is 1. The van der Waals surface area contributed by atoms with Crippen molar-refractivity contribution < 1.29 is 9.53 Å². The smallest absolute Gasteiger partial charge is 0.339 e. The zero-order valence-electron chi connectivity index (χ0n) is 16.6. The maximum atomic E-state index is 12.2. The highest BCUT2D eigenvalue weighted by Crippen LogP contribution is 2.39. The fourth-order valence-corrected chi connectivity index (χ4v) is 5.01. The van der Waals surface area contributed by atoms with E-state index in [1.807, 2.05) is 18.2 Å². The molecule has 5 rings (SSSR count). The molecule has 0 amide bonds. The summed E-state index contributed by atoms with van der Waals surface area (Å²) in [5.74, 6) is 0.300. The molecule has 2 aromatic carbocycles. The first-order valence-corrected chi connectivity index (χ1v) is 10.9. The number of methoxy groups -OCH3 is 1. The van der Waals surface area contributed by atoms with Gasteiger partial charge in [0.15, 0.2) is 0 Å². The minimum absolute atomic E-state index is 0.386. The Bertz CT molecular complexity index is 1250. The van der Waals surface area contributed by atoms with Crippen molar-refractivity contribution in [3.63, 3.8) is 0 Å². The first-order chi connectivity index (χ1) is 14.7. The summed E-state index contributed by atoms with van der Waals surface area (Å²) in [6.45, 7) is 0. The molecule has 2 heterocycles. The highest BCUT2D eigenvalue weighted by molar-refractivity contribution is 7.17. The topological polar surface area (TPSA) is 64.1 Å². The van der Waals surface area contributed by atoms with Crippen LogP contribution < -0.4 is 5.32 Å². The second-order valence-electron chi connectivity index (χ2n) is 7.40. The number of carbonyl (C=O) groups is 1. The Morgan fingerprint density at radius 1 is 1.07 bits per heavy atom. The molecule has 30 heavy (non-hydrogen) atoms. The van der Waals surface area contributed by atoms with Gasteiger partial charge in [-0.25, -0.2) is 14.8 Å². The molecule has 1 aliphatic carbocycles. The maximum Gasteiger partial charge on any atom is 0.339 e. The average Bonchev–Trinajstić information content (AvgIpc) is 3.24. The fourth-order valence-electron chi connectivity index (χ4n) is 4.09. The van der Waals surface area contributed by atoms with E-state index in [1.165, 1.54) is 43.1 Å². The molecule has 0 aliphatic heterocycles. The van der Waals surface area contributed by atoms with Gasteiger partial charge < -0.3 is 10.1 Å². The minimum atomic E-state index is -0.386. The number of fused-ring (bicyclic) bond motifs is 2. The third-order valence-electron chi connectivity index (χ3n) is 5.62. The van der Waals surface area contributed by atoms with E-state index in [0.29, 0.717) is 17.1 Å². The molecule has 4 aromatic rings. The van der Waals surface area contributed by atoms with Crippen LogP contribution in [0.15, 0.2) is 54.2 Å². The van der Waals surface area contributed by atoms with Gasteiger partial charge in [-0.05, 0) is 54.5 Å². The molecule has 2 aromatic heterocycles. The van der Waals surface area contributed by atoms with E-state index in [0.717, 1.165) is 22.2 Å². The third kappa shape index (κ3) is 3.33. The Labute approximate surface area is 178 Å². The van der Waals surface area contributed by atoms with Gasteiger partial charge in [-0.15, -0.1) is 11.3 Å². The number of aromatic nitrogens is 2. The molecule has 1 aliphatic rings. The highest BCUT2D eigenvalue weighted by Gasteiger charge is 2.18. The number of carbonyl (C=O) groups excluding carboxylic acids is 1. The van der Waals surface area contributed by atoms with Crippen molar-refractivity contribution in [3.05, 3.63) is 70.9 Å². The van der Waals surface area contributed by atoms with Crippen molar-refractivity contribution in [2.45, 2.75) is 25.7 Å². The van der Waals surface area contributed by atoms with Gasteiger partial charge in [-0.1, -0.05) is 30.3 Å². The van der Waals surface area contributed by atoms with E-state index in [2.05, 4.69) is 38.9 Å². The highest BCUT2D eigenvalue weighted by atomic mass is 32.1. The lowest BCUT2D eigenvalue weighted by molar-refractivity contribution is 0.0602. The van der Waals surface area contributed by atoms with Crippen LogP contribution in [0.2, 0.25) is 0 Å². The number of hydrogen-bond donors (Lipinski definition) is 1. The summed E-state index contributed by atoms with van der Waals surface area (Å²) in [6.07, 6.45) is 6.38. The lowest BCUT2D eigenvalue weighted by Crippen LogP contribution is -2.06. The predicted octanol–water partition coefficient (Wildman–Crippen LogP) is 5.77. The van der Waals surface area contributed by atoms with Crippen molar-refractivity contribution in [1.82, 2.24) is 9.97 Å². The summed E-state index contributed by atoms with van der Waals surface area (Å²) in [5, 5.41) is 6.45. The molecule has 0 saturated carbocycles. The predicted molar refractivity (Wildman–Crippen MR) is 121 cm³/mol. The molecule has 6 heteroatoms. The number of anilines is 2. The third-order valence-corrected chi connectivity index (χ3v) is 6.50. The van der Waals surface area contributed by atoms with E-state index < -0.39 is 0 Å². The van der Waals surface area contributed by atoms with Crippen LogP contribution >= 0.6 is 11.3 Å². The minimum Gasteiger partial charge on any atom is -0.465 e. The molecule has 0 saturated heterocycles. The number of benzene rings is 2. The van der Waals surface area contributed by atoms with Crippen LogP contribution in [-0.4, -0.2) is 23.0 Å². The first-order valence-electron chi connectivity index (χ1n) is 10.0. The van der Waals surface area contributed by atoms with E-state index in [1.54, 1.807) is 23.7 Å². The molecule has 0 spiro atoms. The Kier molecular flexibility index (Phi) is 4.93. The van der Waals surface area contributed by atoms with Crippen molar-refractivity contribution in [1.29, 1.82) is 0 Å². The Morgan fingerprint density at radius 2 is 1.90 bits per heavy atom. The summed E-state index contributed by atoms with van der Waals surface area (Å²) in [4.78, 5) is 22.1. The quantitative estimate of drug-likeness (QED) is 0.429. The van der Waals surface area contributed by atoms with Gasteiger partial charge in [0.2, 0.25) is 0 Å². The van der Waals surface area contributed by atoms with Crippen molar-refractivity contribution in [2.75, 3.05) is 12.4 Å². The Balaban J connectivity index is 1.60. The molecule has 0 radical (unpaired) electrons. The van der Waals surface area contributed by atoms with Crippen LogP contribution in [0.1, 0.15) is 34.3 Å². The van der Waals surface area contributed by atoms with Crippen LogP contribution in [0.25, 0.3) is 21.3 Å². The second-order valence-corrected chi connectivity index (χ2v) is 8.26. The number of nitrogens with one attached hydrogen (secondary N) is 1. The van der Waals surface area contributed by atoms with E-state index in [9.17, 15) is 4.79 Å². The SMILES string of the molecule is COC(=O)c1ccccc1Nc1ncnc2scc(-c3ccc4c(c3)CCCC4)c12. The van der Waals surface area contributed by atoms with Gasteiger partial charge >= 0.3 is 5.97 Å². The maximum absolute atomic E-state index is 12.2. The molecule has 0 unspecified atom stereocenters. The summed E-state index contributed by atoms with van der Waals surface area (Å²) in [7, 11) is 1.38. The Hall–Kier alpha value is -3.25. The van der Waals surface area contributed by atoms with Crippen molar-refractivity contribution in [2.24, 2.45) is 0 Å². The summed E-state index contributed by atoms with van der Waals surface area (Å²) >= 11 is 1.60. The number of esters is 1. The summed E-state index contributed by atoms with van der Waals surface area (Å²) in [6, 6.07) is 14.1. The monoisotopic (exact) mass is 415 g/mol. The normalized spacial score (nSPS) is 13.1. The van der Waals surface area contributed by atoms with E-state index in [-0.39, 0.29) is 5.97 Å². The number of nitrogens with zero attached hydrogens (tertiary/aromatic N) is 2. The number of ether oxygens (including phenoxy) is 1. The van der Waals surface area contributed by atoms with Gasteiger partial charge in [0.25, 0.3) is 0 Å².